The van der Waals surface area contributed by atoms with Gasteiger partial charge in [-0.1, -0.05) is 26.0 Å². The summed E-state index contributed by atoms with van der Waals surface area (Å²) < 4.78 is 14.0. The minimum atomic E-state index is -0.729. The third kappa shape index (κ3) is 15.3. The predicted molar refractivity (Wildman–Crippen MR) is 176 cm³/mol. The Balaban J connectivity index is 0.000000276. The molecule has 4 amide bonds. The van der Waals surface area contributed by atoms with Gasteiger partial charge in [-0.05, 0) is 25.7 Å². The van der Waals surface area contributed by atoms with Crippen LogP contribution in [-0.2, 0) is 33.4 Å². The first-order chi connectivity index (χ1) is 22.6. The van der Waals surface area contributed by atoms with E-state index in [0.717, 1.165) is 62.2 Å². The molecule has 0 aliphatic carbocycles. The van der Waals surface area contributed by atoms with Crippen molar-refractivity contribution in [3.63, 3.8) is 0 Å². The molecule has 0 aromatic rings. The Kier molecular flexibility index (Phi) is 18.8. The lowest BCUT2D eigenvalue weighted by Crippen LogP contribution is -2.36. The molecule has 4 fully saturated rings. The van der Waals surface area contributed by atoms with Crippen molar-refractivity contribution in [3.8, 4) is 0 Å². The molecule has 0 bridgehead atoms. The van der Waals surface area contributed by atoms with Crippen molar-refractivity contribution in [2.24, 2.45) is 0 Å². The minimum Gasteiger partial charge on any atom is -0.481 e. The normalized spacial score (nSPS) is 24.6. The monoisotopic (exact) mass is 702 g/mol. The van der Waals surface area contributed by atoms with Crippen LogP contribution in [0, 0.1) is 0 Å². The van der Waals surface area contributed by atoms with Gasteiger partial charge < -0.3 is 45.7 Å². The van der Waals surface area contributed by atoms with Gasteiger partial charge in [0.25, 0.3) is 0 Å². The van der Waals surface area contributed by atoms with Crippen LogP contribution in [0.1, 0.15) is 51.4 Å². The van der Waals surface area contributed by atoms with E-state index < -0.39 is 17.9 Å². The molecule has 15 nitrogen and oxygen atoms in total. The lowest BCUT2D eigenvalue weighted by atomic mass is 10.0. The standard InChI is InChI=1S/C15H22N2O5S.C10H16N2O3S.C5H8O3/c1-2-12(18)21-7-8-22-13(19)6-4-3-5-11-14-10(9-23-11)16-15(20)17-14;13-8(14)4-2-1-3-7-9-6(5-16-7)11-10(15)12-9;1-2-5(7)8-4-3-6/h2,10-11,14H,1,3-9H2,(H2,16,17,20);6-7,9H,1-5H2,(H,13,14)(H2,11,12,15);2,6H,1,3-4H2/t10-,11-,14-;6-,7-,9-;/m00./s1. The number of ether oxygens (including phenoxy) is 3. The van der Waals surface area contributed by atoms with Crippen molar-refractivity contribution in [2.75, 3.05) is 37.9 Å². The van der Waals surface area contributed by atoms with Gasteiger partial charge in [-0.3, -0.25) is 9.59 Å². The Labute approximate surface area is 282 Å². The summed E-state index contributed by atoms with van der Waals surface area (Å²) in [5.41, 5.74) is 0. The summed E-state index contributed by atoms with van der Waals surface area (Å²) >= 11 is 3.74. The number of amides is 4. The van der Waals surface area contributed by atoms with Crippen LogP contribution in [-0.4, -0.2) is 119 Å². The lowest BCUT2D eigenvalue weighted by molar-refractivity contribution is -0.149. The van der Waals surface area contributed by atoms with E-state index >= 15 is 0 Å². The van der Waals surface area contributed by atoms with E-state index in [2.05, 4.69) is 39.2 Å². The van der Waals surface area contributed by atoms with E-state index in [0.29, 0.717) is 16.9 Å². The number of hydrogen-bond donors (Lipinski definition) is 6. The Morgan fingerprint density at radius 2 is 1.19 bits per heavy atom. The van der Waals surface area contributed by atoms with Gasteiger partial charge in [-0.2, -0.15) is 23.5 Å². The van der Waals surface area contributed by atoms with Gasteiger partial charge in [-0.15, -0.1) is 0 Å². The number of carboxylic acid groups (broad SMARTS) is 1. The highest BCUT2D eigenvalue weighted by molar-refractivity contribution is 8.00. The molecule has 6 atom stereocenters. The number of urea groups is 2. The van der Waals surface area contributed by atoms with Crippen LogP contribution in [0.25, 0.3) is 0 Å². The van der Waals surface area contributed by atoms with E-state index in [4.69, 9.17) is 19.7 Å². The second-order valence-corrected chi connectivity index (χ2v) is 13.4. The van der Waals surface area contributed by atoms with Crippen molar-refractivity contribution < 1.29 is 53.2 Å². The van der Waals surface area contributed by atoms with Crippen molar-refractivity contribution in [1.82, 2.24) is 21.3 Å². The van der Waals surface area contributed by atoms with Crippen LogP contribution in [0.3, 0.4) is 0 Å². The number of fused-ring (bicyclic) bond motifs is 2. The first-order valence-electron chi connectivity index (χ1n) is 15.5. The van der Waals surface area contributed by atoms with Crippen molar-refractivity contribution in [3.05, 3.63) is 25.3 Å². The number of thioether (sulfide) groups is 2. The quantitative estimate of drug-likeness (QED) is 0.0417. The summed E-state index contributed by atoms with van der Waals surface area (Å²) in [7, 11) is 0. The lowest BCUT2D eigenvalue weighted by Gasteiger charge is -2.16. The molecule has 0 unspecified atom stereocenters. The van der Waals surface area contributed by atoms with Crippen LogP contribution in [0.15, 0.2) is 25.3 Å². The van der Waals surface area contributed by atoms with Gasteiger partial charge in [0.1, 0.15) is 19.8 Å². The third-order valence-corrected chi connectivity index (χ3v) is 10.4. The number of rotatable bonds is 17. The number of aliphatic hydroxyl groups is 1. The number of nitrogens with one attached hydrogen (secondary N) is 4. The zero-order valence-corrected chi connectivity index (χ0v) is 28.0. The molecule has 0 aromatic heterocycles. The number of carbonyl (C=O) groups is 6. The van der Waals surface area contributed by atoms with Gasteiger partial charge in [0.15, 0.2) is 0 Å². The predicted octanol–water partition coefficient (Wildman–Crippen LogP) is 1.49. The average Bonchev–Trinajstić information content (AvgIpc) is 3.81. The molecule has 0 spiro atoms. The molecule has 4 rings (SSSR count). The first kappa shape index (κ1) is 39.7. The summed E-state index contributed by atoms with van der Waals surface area (Å²) in [5, 5.41) is 29.1. The smallest absolute Gasteiger partial charge is 0.330 e. The number of aliphatic carboxylic acids is 1. The zero-order valence-electron chi connectivity index (χ0n) is 26.3. The Morgan fingerprint density at radius 3 is 1.66 bits per heavy atom. The molecule has 4 saturated heterocycles. The van der Waals surface area contributed by atoms with Gasteiger partial charge >= 0.3 is 35.9 Å². The van der Waals surface area contributed by atoms with Crippen LogP contribution < -0.4 is 21.3 Å². The second kappa shape index (κ2) is 22.2. The third-order valence-electron chi connectivity index (χ3n) is 7.38. The van der Waals surface area contributed by atoms with Crippen molar-refractivity contribution >= 4 is 59.5 Å². The van der Waals surface area contributed by atoms with Crippen LogP contribution >= 0.6 is 23.5 Å². The second-order valence-electron chi connectivity index (χ2n) is 10.8. The minimum absolute atomic E-state index is 0.0465. The maximum atomic E-state index is 11.5. The highest BCUT2D eigenvalue weighted by Gasteiger charge is 2.43. The zero-order chi connectivity index (χ0) is 34.6. The van der Waals surface area contributed by atoms with Crippen LogP contribution in [0.2, 0.25) is 0 Å². The number of aliphatic hydroxyl groups excluding tert-OH is 1. The molecule has 0 aromatic carbocycles. The fourth-order valence-corrected chi connectivity index (χ4v) is 8.24. The maximum absolute atomic E-state index is 11.5. The van der Waals surface area contributed by atoms with E-state index in [1.807, 2.05) is 23.5 Å². The molecule has 0 saturated carbocycles. The van der Waals surface area contributed by atoms with E-state index in [1.54, 1.807) is 0 Å². The van der Waals surface area contributed by atoms with Crippen LogP contribution in [0.5, 0.6) is 0 Å². The molecule has 6 N–H and O–H groups in total. The fourth-order valence-electron chi connectivity index (χ4n) is 5.16. The molecule has 4 aliphatic heterocycles. The SMILES string of the molecule is C=CC(=O)OCCO.C=CC(=O)OCCOC(=O)CCCC[C@@H]1SC[C@@H]2NC(=O)N[C@@H]21.O=C(O)CCCC[C@@H]1SC[C@@H]2NC(=O)N[C@@H]21. The van der Waals surface area contributed by atoms with Crippen molar-refractivity contribution in [1.29, 1.82) is 0 Å². The fraction of sp³-hybridized carbons (Fsp3) is 0.667. The molecule has 264 valence electrons. The maximum Gasteiger partial charge on any atom is 0.330 e. The number of unbranched alkanes of at least 4 members (excludes halogenated alkanes) is 2. The topological polar surface area (TPSA) is 219 Å². The van der Waals surface area contributed by atoms with Crippen LogP contribution in [0.4, 0.5) is 9.59 Å². The molecule has 4 aliphatic rings. The molecule has 47 heavy (non-hydrogen) atoms. The van der Waals surface area contributed by atoms with E-state index in [9.17, 15) is 28.8 Å². The first-order valence-corrected chi connectivity index (χ1v) is 17.6. The van der Waals surface area contributed by atoms with Gasteiger partial charge in [0, 0.05) is 47.0 Å². The summed E-state index contributed by atoms with van der Waals surface area (Å²) in [6.07, 6.45) is 7.98. The molecule has 17 heteroatoms. The Hall–Kier alpha value is -3.44. The van der Waals surface area contributed by atoms with Gasteiger partial charge in [0.05, 0.1) is 30.8 Å². The summed E-state index contributed by atoms with van der Waals surface area (Å²) in [6.45, 7) is 6.45. The summed E-state index contributed by atoms with van der Waals surface area (Å²) in [4.78, 5) is 65.2. The summed E-state index contributed by atoms with van der Waals surface area (Å²) in [6, 6.07) is 0.806. The Bertz CT molecular complexity index is 1100. The van der Waals surface area contributed by atoms with E-state index in [1.165, 1.54) is 0 Å². The van der Waals surface area contributed by atoms with Gasteiger partial charge in [-0.25, -0.2) is 19.2 Å². The molecular formula is C30H46N4O11S2. The number of hydrogen-bond acceptors (Lipinski definition) is 12. The van der Waals surface area contributed by atoms with Gasteiger partial charge in [0.2, 0.25) is 0 Å². The molecule has 0 radical (unpaired) electrons. The largest absolute Gasteiger partial charge is 0.481 e. The molecule has 4 heterocycles. The summed E-state index contributed by atoms with van der Waals surface area (Å²) in [5.74, 6) is -0.131. The average molecular weight is 703 g/mol. The Morgan fingerprint density at radius 1 is 0.723 bits per heavy atom. The highest BCUT2D eigenvalue weighted by Crippen LogP contribution is 2.34. The van der Waals surface area contributed by atoms with Crippen molar-refractivity contribution in [2.45, 2.75) is 86.0 Å². The number of esters is 3. The van der Waals surface area contributed by atoms with E-state index in [-0.39, 0.29) is 75.0 Å². The molecular weight excluding hydrogens is 656 g/mol. The number of carbonyl (C=O) groups excluding carboxylic acids is 5. The highest BCUT2D eigenvalue weighted by atomic mass is 32.2. The number of carboxylic acids is 1.